The average molecular weight is 325 g/mol. The number of amides is 1. The number of aromatic nitrogens is 1. The molecule has 2 heterocycles. The maximum Gasteiger partial charge on any atom is 0.257 e. The minimum atomic E-state index is 0.159. The molecule has 1 amide bonds. The van der Waals surface area contributed by atoms with Crippen molar-refractivity contribution in [1.82, 2.24) is 9.88 Å². The smallest absolute Gasteiger partial charge is 0.257 e. The second-order valence-electron chi connectivity index (χ2n) is 5.47. The van der Waals surface area contributed by atoms with Gasteiger partial charge in [0.2, 0.25) is 5.91 Å². The number of benzene rings is 1. The summed E-state index contributed by atoms with van der Waals surface area (Å²) in [7, 11) is 0. The Kier molecular flexibility index (Phi) is 4.40. The first kappa shape index (κ1) is 14.7. The summed E-state index contributed by atoms with van der Waals surface area (Å²) in [5, 5.41) is 1.15. The first-order chi connectivity index (χ1) is 10.1. The molecule has 6 heteroatoms. The zero-order chi connectivity index (χ0) is 14.8. The maximum absolute atomic E-state index is 12.2. The molecular weight excluding hydrogens is 308 g/mol. The summed E-state index contributed by atoms with van der Waals surface area (Å²) in [5.41, 5.74) is 1.42. The molecule has 0 saturated carbocycles. The fourth-order valence-corrected chi connectivity index (χ4v) is 3.48. The van der Waals surface area contributed by atoms with Gasteiger partial charge in [-0.3, -0.25) is 4.79 Å². The van der Waals surface area contributed by atoms with Gasteiger partial charge in [0.15, 0.2) is 5.58 Å². The van der Waals surface area contributed by atoms with Crippen LogP contribution < -0.4 is 0 Å². The molecule has 1 saturated heterocycles. The van der Waals surface area contributed by atoms with Crippen molar-refractivity contribution < 1.29 is 9.21 Å². The van der Waals surface area contributed by atoms with E-state index in [4.69, 9.17) is 16.0 Å². The van der Waals surface area contributed by atoms with Gasteiger partial charge in [-0.25, -0.2) is 4.98 Å². The number of carbonyl (C=O) groups excluding carboxylic acids is 1. The van der Waals surface area contributed by atoms with Crippen LogP contribution in [-0.4, -0.2) is 34.6 Å². The minimum Gasteiger partial charge on any atom is -0.431 e. The Hall–Kier alpha value is -1.20. The number of rotatable bonds is 3. The van der Waals surface area contributed by atoms with Crippen LogP contribution in [0.5, 0.6) is 0 Å². The van der Waals surface area contributed by atoms with Crippen LogP contribution in [0.15, 0.2) is 27.8 Å². The van der Waals surface area contributed by atoms with E-state index in [1.165, 1.54) is 18.2 Å². The lowest BCUT2D eigenvalue weighted by molar-refractivity contribution is -0.130. The van der Waals surface area contributed by atoms with E-state index in [-0.39, 0.29) is 5.91 Å². The van der Waals surface area contributed by atoms with Crippen LogP contribution in [0, 0.1) is 5.92 Å². The molecule has 1 aromatic heterocycles. The molecule has 0 bridgehead atoms. The lowest BCUT2D eigenvalue weighted by Crippen LogP contribution is -2.40. The van der Waals surface area contributed by atoms with Gasteiger partial charge in [-0.15, -0.1) is 0 Å². The molecule has 112 valence electrons. The molecule has 0 spiro atoms. The number of nitrogens with zero attached hydrogens (tertiary/aromatic N) is 2. The van der Waals surface area contributed by atoms with E-state index in [0.717, 1.165) is 25.0 Å². The molecule has 21 heavy (non-hydrogen) atoms. The first-order valence-electron chi connectivity index (χ1n) is 7.08. The zero-order valence-corrected chi connectivity index (χ0v) is 13.4. The van der Waals surface area contributed by atoms with Crippen molar-refractivity contribution in [3.63, 3.8) is 0 Å². The maximum atomic E-state index is 12.2. The van der Waals surface area contributed by atoms with Crippen LogP contribution in [0.4, 0.5) is 0 Å². The Morgan fingerprint density at radius 1 is 1.57 bits per heavy atom. The second kappa shape index (κ2) is 6.28. The quantitative estimate of drug-likeness (QED) is 0.805. The molecular formula is C15H17ClN2O2S. The standard InChI is InChI=1S/C15H17ClN2O2S/c1-10-3-2-6-18(8-10)14(19)9-21-15-17-12-7-11(16)4-5-13(12)20-15/h4-5,7,10H,2-3,6,8-9H2,1H3. The van der Waals surface area contributed by atoms with Crippen molar-refractivity contribution in [2.75, 3.05) is 18.8 Å². The molecule has 3 rings (SSSR count). The molecule has 1 unspecified atom stereocenters. The van der Waals surface area contributed by atoms with E-state index >= 15 is 0 Å². The fraction of sp³-hybridized carbons (Fsp3) is 0.467. The molecule has 0 aliphatic carbocycles. The lowest BCUT2D eigenvalue weighted by Gasteiger charge is -2.30. The highest BCUT2D eigenvalue weighted by atomic mass is 35.5. The Bertz CT molecular complexity index is 658. The van der Waals surface area contributed by atoms with Crippen molar-refractivity contribution in [1.29, 1.82) is 0 Å². The SMILES string of the molecule is CC1CCCN(C(=O)CSc2nc3cc(Cl)ccc3o2)C1. The number of hydrogen-bond acceptors (Lipinski definition) is 4. The van der Waals surface area contributed by atoms with E-state index in [9.17, 15) is 4.79 Å². The highest BCUT2D eigenvalue weighted by Crippen LogP contribution is 2.26. The van der Waals surface area contributed by atoms with E-state index in [0.29, 0.717) is 27.5 Å². The van der Waals surface area contributed by atoms with E-state index in [1.54, 1.807) is 18.2 Å². The molecule has 0 radical (unpaired) electrons. The number of fused-ring (bicyclic) bond motifs is 1. The molecule has 1 aliphatic heterocycles. The van der Waals surface area contributed by atoms with Crippen LogP contribution in [0.1, 0.15) is 19.8 Å². The second-order valence-corrected chi connectivity index (χ2v) is 6.83. The summed E-state index contributed by atoms with van der Waals surface area (Å²) in [5.74, 6) is 1.12. The predicted octanol–water partition coefficient (Wildman–Crippen LogP) is 3.83. The summed E-state index contributed by atoms with van der Waals surface area (Å²) in [4.78, 5) is 18.5. The van der Waals surface area contributed by atoms with Crippen LogP contribution in [0.2, 0.25) is 5.02 Å². The third-order valence-electron chi connectivity index (χ3n) is 3.66. The van der Waals surface area contributed by atoms with Crippen molar-refractivity contribution in [2.24, 2.45) is 5.92 Å². The number of likely N-dealkylation sites (tertiary alicyclic amines) is 1. The average Bonchev–Trinajstić information content (AvgIpc) is 2.86. The number of oxazole rings is 1. The topological polar surface area (TPSA) is 46.3 Å². The van der Waals surface area contributed by atoms with Gasteiger partial charge in [0.25, 0.3) is 5.22 Å². The highest BCUT2D eigenvalue weighted by Gasteiger charge is 2.21. The van der Waals surface area contributed by atoms with Crippen molar-refractivity contribution in [3.8, 4) is 0 Å². The van der Waals surface area contributed by atoms with Gasteiger partial charge in [0, 0.05) is 18.1 Å². The van der Waals surface area contributed by atoms with Crippen molar-refractivity contribution >= 4 is 40.4 Å². The Balaban J connectivity index is 1.61. The number of carbonyl (C=O) groups is 1. The summed E-state index contributed by atoms with van der Waals surface area (Å²) in [6.45, 7) is 3.92. The molecule has 1 aromatic carbocycles. The van der Waals surface area contributed by atoms with Crippen molar-refractivity contribution in [2.45, 2.75) is 25.0 Å². The van der Waals surface area contributed by atoms with Gasteiger partial charge < -0.3 is 9.32 Å². The molecule has 0 N–H and O–H groups in total. The third-order valence-corrected chi connectivity index (χ3v) is 4.71. The predicted molar refractivity (Wildman–Crippen MR) is 84.7 cm³/mol. The van der Waals surface area contributed by atoms with Gasteiger partial charge >= 0.3 is 0 Å². The van der Waals surface area contributed by atoms with Crippen LogP contribution in [0.25, 0.3) is 11.1 Å². The fourth-order valence-electron chi connectivity index (χ4n) is 2.57. The monoisotopic (exact) mass is 324 g/mol. The van der Waals surface area contributed by atoms with Gasteiger partial charge in [-0.05, 0) is 37.0 Å². The summed E-state index contributed by atoms with van der Waals surface area (Å²) in [6, 6.07) is 5.32. The molecule has 2 aromatic rings. The van der Waals surface area contributed by atoms with E-state index in [1.807, 2.05) is 4.90 Å². The molecule has 4 nitrogen and oxygen atoms in total. The summed E-state index contributed by atoms with van der Waals surface area (Å²) in [6.07, 6.45) is 2.31. The van der Waals surface area contributed by atoms with Crippen LogP contribution in [-0.2, 0) is 4.79 Å². The Labute approximate surface area is 132 Å². The third kappa shape index (κ3) is 3.52. The molecule has 1 fully saturated rings. The number of piperidine rings is 1. The number of hydrogen-bond donors (Lipinski definition) is 0. The molecule has 1 aliphatic rings. The molecule has 1 atom stereocenters. The highest BCUT2D eigenvalue weighted by molar-refractivity contribution is 7.99. The van der Waals surface area contributed by atoms with E-state index in [2.05, 4.69) is 11.9 Å². The van der Waals surface area contributed by atoms with E-state index < -0.39 is 0 Å². The van der Waals surface area contributed by atoms with Gasteiger partial charge in [0.1, 0.15) is 5.52 Å². The normalized spacial score (nSPS) is 19.1. The van der Waals surface area contributed by atoms with Gasteiger partial charge in [0.05, 0.1) is 5.75 Å². The number of thioether (sulfide) groups is 1. The Morgan fingerprint density at radius 2 is 2.43 bits per heavy atom. The van der Waals surface area contributed by atoms with Gasteiger partial charge in [-0.2, -0.15) is 0 Å². The zero-order valence-electron chi connectivity index (χ0n) is 11.8. The largest absolute Gasteiger partial charge is 0.431 e. The first-order valence-corrected chi connectivity index (χ1v) is 8.45. The van der Waals surface area contributed by atoms with Crippen LogP contribution >= 0.6 is 23.4 Å². The van der Waals surface area contributed by atoms with Gasteiger partial charge in [-0.1, -0.05) is 30.3 Å². The summed E-state index contributed by atoms with van der Waals surface area (Å²) >= 11 is 7.26. The lowest BCUT2D eigenvalue weighted by atomic mass is 10.0. The minimum absolute atomic E-state index is 0.159. The van der Waals surface area contributed by atoms with Crippen LogP contribution in [0.3, 0.4) is 0 Å². The van der Waals surface area contributed by atoms with Crippen molar-refractivity contribution in [3.05, 3.63) is 23.2 Å². The Morgan fingerprint density at radius 3 is 3.24 bits per heavy atom. The number of halogens is 1. The summed E-state index contributed by atoms with van der Waals surface area (Å²) < 4.78 is 5.60.